The van der Waals surface area contributed by atoms with E-state index in [9.17, 15) is 0 Å². The fourth-order valence-corrected chi connectivity index (χ4v) is 8.49. The van der Waals surface area contributed by atoms with E-state index in [0.29, 0.717) is 0 Å². The Kier molecular flexibility index (Phi) is 6.90. The summed E-state index contributed by atoms with van der Waals surface area (Å²) in [4.78, 5) is 2.40. The van der Waals surface area contributed by atoms with E-state index in [1.54, 1.807) is 0 Å². The minimum atomic E-state index is 0.876. The van der Waals surface area contributed by atoms with E-state index in [1.165, 1.54) is 54.2 Å². The summed E-state index contributed by atoms with van der Waals surface area (Å²) in [5, 5.41) is 12.2. The standard InChI is InChI=1S/C52H33NO/c1-2-12-34(13-3-1)44-30-31-49(51-47-20-10-11-21-50(47)54-52(44)51)53(40-28-29-43-38(32-40)23-22-35-14-4-6-16-41(35)43)39-26-24-36(25-27-39)48-33-37-15-5-7-17-42(37)45-18-8-9-19-46(45)48/h1-33H. The molecule has 0 radical (unpaired) electrons. The Morgan fingerprint density at radius 1 is 0.333 bits per heavy atom. The summed E-state index contributed by atoms with van der Waals surface area (Å²) < 4.78 is 6.75. The first kappa shape index (κ1) is 30.5. The highest BCUT2D eigenvalue weighted by atomic mass is 16.3. The number of rotatable bonds is 5. The Hall–Kier alpha value is -7.16. The summed E-state index contributed by atoms with van der Waals surface area (Å²) >= 11 is 0. The molecule has 0 aliphatic rings. The molecule has 11 rings (SSSR count). The maximum Gasteiger partial charge on any atom is 0.145 e. The van der Waals surface area contributed by atoms with E-state index < -0.39 is 0 Å². The van der Waals surface area contributed by atoms with Crippen molar-refractivity contribution in [3.8, 4) is 22.3 Å². The SMILES string of the molecule is c1ccc(-c2ccc(N(c3ccc(-c4cc5ccccc5c5ccccc45)cc3)c3ccc4c(ccc5ccccc54)c3)c3c2oc2ccccc23)cc1. The molecule has 54 heavy (non-hydrogen) atoms. The number of anilines is 3. The summed E-state index contributed by atoms with van der Waals surface area (Å²) in [6.45, 7) is 0. The van der Waals surface area contributed by atoms with Crippen LogP contribution < -0.4 is 4.90 Å². The Bertz CT molecular complexity index is 3210. The molecule has 0 saturated carbocycles. The van der Waals surface area contributed by atoms with Crippen LogP contribution in [0.4, 0.5) is 17.1 Å². The number of furan rings is 1. The van der Waals surface area contributed by atoms with Crippen LogP contribution in [-0.4, -0.2) is 0 Å². The van der Waals surface area contributed by atoms with Gasteiger partial charge in [0.2, 0.25) is 0 Å². The van der Waals surface area contributed by atoms with Gasteiger partial charge >= 0.3 is 0 Å². The molecule has 2 heteroatoms. The average molecular weight is 688 g/mol. The minimum absolute atomic E-state index is 0.876. The van der Waals surface area contributed by atoms with E-state index in [1.807, 2.05) is 6.07 Å². The zero-order valence-corrected chi connectivity index (χ0v) is 29.4. The lowest BCUT2D eigenvalue weighted by molar-refractivity contribution is 0.670. The molecule has 1 aromatic heterocycles. The summed E-state index contributed by atoms with van der Waals surface area (Å²) in [6.07, 6.45) is 0. The summed E-state index contributed by atoms with van der Waals surface area (Å²) in [7, 11) is 0. The monoisotopic (exact) mass is 687 g/mol. The first-order valence-corrected chi connectivity index (χ1v) is 18.5. The van der Waals surface area contributed by atoms with Crippen molar-refractivity contribution >= 4 is 82.1 Å². The lowest BCUT2D eigenvalue weighted by atomic mass is 9.93. The molecule has 11 aromatic rings. The molecule has 10 aromatic carbocycles. The maximum absolute atomic E-state index is 6.75. The molecule has 0 aliphatic carbocycles. The van der Waals surface area contributed by atoms with Crippen LogP contribution in [0.1, 0.15) is 0 Å². The second-order valence-electron chi connectivity index (χ2n) is 14.1. The van der Waals surface area contributed by atoms with Crippen molar-refractivity contribution in [2.75, 3.05) is 4.90 Å². The zero-order valence-electron chi connectivity index (χ0n) is 29.4. The molecule has 0 atom stereocenters. The van der Waals surface area contributed by atoms with E-state index in [2.05, 4.69) is 199 Å². The largest absolute Gasteiger partial charge is 0.455 e. The molecule has 0 amide bonds. The van der Waals surface area contributed by atoms with Gasteiger partial charge in [0.15, 0.2) is 0 Å². The molecule has 0 spiro atoms. The fraction of sp³-hybridized carbons (Fsp3) is 0. The molecule has 252 valence electrons. The van der Waals surface area contributed by atoms with Crippen LogP contribution in [-0.2, 0) is 0 Å². The topological polar surface area (TPSA) is 16.4 Å². The fourth-order valence-electron chi connectivity index (χ4n) is 8.49. The van der Waals surface area contributed by atoms with Crippen LogP contribution >= 0.6 is 0 Å². The second-order valence-corrected chi connectivity index (χ2v) is 14.1. The Morgan fingerprint density at radius 3 is 1.72 bits per heavy atom. The highest BCUT2D eigenvalue weighted by Crippen LogP contribution is 2.47. The number of fused-ring (bicyclic) bond motifs is 9. The highest BCUT2D eigenvalue weighted by molar-refractivity contribution is 6.18. The van der Waals surface area contributed by atoms with Gasteiger partial charge in [-0.25, -0.2) is 0 Å². The van der Waals surface area contributed by atoms with Crippen molar-refractivity contribution in [2.45, 2.75) is 0 Å². The van der Waals surface area contributed by atoms with Crippen molar-refractivity contribution in [3.63, 3.8) is 0 Å². The van der Waals surface area contributed by atoms with Crippen LogP contribution in [0.15, 0.2) is 205 Å². The quantitative estimate of drug-likeness (QED) is 0.168. The molecule has 0 bridgehead atoms. The van der Waals surface area contributed by atoms with Gasteiger partial charge in [-0.1, -0.05) is 152 Å². The second kappa shape index (κ2) is 12.2. The lowest BCUT2D eigenvalue weighted by Crippen LogP contribution is -2.10. The molecule has 0 N–H and O–H groups in total. The molecular weight excluding hydrogens is 655 g/mol. The Balaban J connectivity index is 1.15. The summed E-state index contributed by atoms with van der Waals surface area (Å²) in [6, 6.07) is 72.2. The van der Waals surface area contributed by atoms with Crippen LogP contribution in [0, 0.1) is 0 Å². The van der Waals surface area contributed by atoms with E-state index in [4.69, 9.17) is 4.42 Å². The molecular formula is C52H33NO. The van der Waals surface area contributed by atoms with Gasteiger partial charge in [-0.2, -0.15) is 0 Å². The lowest BCUT2D eigenvalue weighted by Gasteiger charge is -2.27. The van der Waals surface area contributed by atoms with Crippen LogP contribution in [0.3, 0.4) is 0 Å². The molecule has 0 saturated heterocycles. The van der Waals surface area contributed by atoms with Crippen molar-refractivity contribution < 1.29 is 4.42 Å². The van der Waals surface area contributed by atoms with Crippen LogP contribution in [0.5, 0.6) is 0 Å². The number of benzene rings is 10. The Labute approximate surface area is 312 Å². The summed E-state index contributed by atoms with van der Waals surface area (Å²) in [5.41, 5.74) is 9.61. The van der Waals surface area contributed by atoms with E-state index in [0.717, 1.165) is 50.1 Å². The number of nitrogens with zero attached hydrogens (tertiary/aromatic N) is 1. The number of para-hydroxylation sites is 1. The van der Waals surface area contributed by atoms with Crippen molar-refractivity contribution in [1.82, 2.24) is 0 Å². The van der Waals surface area contributed by atoms with Crippen LogP contribution in [0.2, 0.25) is 0 Å². The van der Waals surface area contributed by atoms with Gasteiger partial charge in [0, 0.05) is 22.3 Å². The van der Waals surface area contributed by atoms with E-state index in [-0.39, 0.29) is 0 Å². The molecule has 0 aliphatic heterocycles. The predicted octanol–water partition coefficient (Wildman–Crippen LogP) is 15.0. The van der Waals surface area contributed by atoms with Crippen molar-refractivity contribution in [1.29, 1.82) is 0 Å². The van der Waals surface area contributed by atoms with Gasteiger partial charge in [-0.3, -0.25) is 0 Å². The Morgan fingerprint density at radius 2 is 0.907 bits per heavy atom. The molecule has 0 unspecified atom stereocenters. The molecule has 1 heterocycles. The average Bonchev–Trinajstić information content (AvgIpc) is 3.64. The van der Waals surface area contributed by atoms with Crippen molar-refractivity contribution in [2.24, 2.45) is 0 Å². The van der Waals surface area contributed by atoms with Gasteiger partial charge in [-0.15, -0.1) is 0 Å². The maximum atomic E-state index is 6.75. The first-order valence-electron chi connectivity index (χ1n) is 18.5. The summed E-state index contributed by atoms with van der Waals surface area (Å²) in [5.74, 6) is 0. The number of hydrogen-bond acceptors (Lipinski definition) is 2. The van der Waals surface area contributed by atoms with E-state index >= 15 is 0 Å². The first-order chi connectivity index (χ1) is 26.8. The third-order valence-electron chi connectivity index (χ3n) is 11.0. The van der Waals surface area contributed by atoms with Crippen LogP contribution in [0.25, 0.3) is 87.3 Å². The molecule has 2 nitrogen and oxygen atoms in total. The van der Waals surface area contributed by atoms with Gasteiger partial charge in [0.25, 0.3) is 0 Å². The number of hydrogen-bond donors (Lipinski definition) is 0. The van der Waals surface area contributed by atoms with Crippen molar-refractivity contribution in [3.05, 3.63) is 200 Å². The van der Waals surface area contributed by atoms with Gasteiger partial charge < -0.3 is 9.32 Å². The minimum Gasteiger partial charge on any atom is -0.455 e. The van der Waals surface area contributed by atoms with Gasteiger partial charge in [0.05, 0.1) is 11.1 Å². The normalized spacial score (nSPS) is 11.7. The smallest absolute Gasteiger partial charge is 0.145 e. The third-order valence-corrected chi connectivity index (χ3v) is 11.0. The zero-order chi connectivity index (χ0) is 35.6. The highest BCUT2D eigenvalue weighted by Gasteiger charge is 2.23. The predicted molar refractivity (Wildman–Crippen MR) is 229 cm³/mol. The molecule has 0 fully saturated rings. The van der Waals surface area contributed by atoms with Gasteiger partial charge in [-0.05, 0) is 108 Å². The third kappa shape index (κ3) is 4.81. The van der Waals surface area contributed by atoms with Gasteiger partial charge in [0.1, 0.15) is 11.2 Å².